The van der Waals surface area contributed by atoms with Crippen LogP contribution in [0.3, 0.4) is 0 Å². The first-order valence-corrected chi connectivity index (χ1v) is 6.08. The van der Waals surface area contributed by atoms with Crippen molar-refractivity contribution in [2.45, 2.75) is 51.1 Å². The summed E-state index contributed by atoms with van der Waals surface area (Å²) in [7, 11) is 0. The van der Waals surface area contributed by atoms with E-state index in [4.69, 9.17) is 0 Å². The van der Waals surface area contributed by atoms with Crippen molar-refractivity contribution in [3.05, 3.63) is 28.1 Å². The average Bonchev–Trinajstić information content (AvgIpc) is 2.93. The van der Waals surface area contributed by atoms with Gasteiger partial charge in [-0.1, -0.05) is 0 Å². The van der Waals surface area contributed by atoms with Gasteiger partial charge in [0.2, 0.25) is 0 Å². The minimum Gasteiger partial charge on any atom is -0.248 e. The Kier molecular flexibility index (Phi) is 2.25. The molecule has 0 N–H and O–H groups in total. The number of halogens is 3. The van der Waals surface area contributed by atoms with E-state index in [1.165, 1.54) is 0 Å². The van der Waals surface area contributed by atoms with E-state index in [0.717, 1.165) is 36.8 Å². The summed E-state index contributed by atoms with van der Waals surface area (Å²) in [4.78, 5) is 3.92. The highest BCUT2D eigenvalue weighted by molar-refractivity contribution is 5.46. The van der Waals surface area contributed by atoms with Gasteiger partial charge in [0, 0.05) is 5.69 Å². The van der Waals surface area contributed by atoms with Crippen LogP contribution in [0, 0.1) is 6.92 Å². The molecule has 0 spiro atoms. The van der Waals surface area contributed by atoms with Crippen molar-refractivity contribution in [2.75, 3.05) is 0 Å². The SMILES string of the molecule is Cc1c2c(nc(C(F)(F)F)c1C1CC1)CCC2. The first-order valence-electron chi connectivity index (χ1n) is 6.08. The molecule has 17 heavy (non-hydrogen) atoms. The van der Waals surface area contributed by atoms with Crippen molar-refractivity contribution in [3.8, 4) is 0 Å². The van der Waals surface area contributed by atoms with Crippen molar-refractivity contribution in [3.63, 3.8) is 0 Å². The second-order valence-corrected chi connectivity index (χ2v) is 5.05. The predicted octanol–water partition coefficient (Wildman–Crippen LogP) is 3.77. The molecule has 4 heteroatoms. The van der Waals surface area contributed by atoms with E-state index in [9.17, 15) is 13.2 Å². The minimum atomic E-state index is -4.31. The van der Waals surface area contributed by atoms with E-state index in [0.29, 0.717) is 17.7 Å². The summed E-state index contributed by atoms with van der Waals surface area (Å²) in [6.07, 6.45) is -0.0140. The molecule has 1 aromatic heterocycles. The Labute approximate surface area is 98.1 Å². The van der Waals surface area contributed by atoms with Crippen LogP contribution >= 0.6 is 0 Å². The molecule has 1 aromatic rings. The second kappa shape index (κ2) is 3.47. The zero-order valence-electron chi connectivity index (χ0n) is 9.69. The van der Waals surface area contributed by atoms with Crippen LogP contribution in [0.15, 0.2) is 0 Å². The Morgan fingerprint density at radius 3 is 2.47 bits per heavy atom. The number of fused-ring (bicyclic) bond motifs is 1. The summed E-state index contributed by atoms with van der Waals surface area (Å²) in [5.41, 5.74) is 2.50. The standard InChI is InChI=1S/C13H14F3N/c1-7-9-3-2-4-10(9)17-12(13(14,15)16)11(7)8-5-6-8/h8H,2-6H2,1H3. The van der Waals surface area contributed by atoms with E-state index in [1.807, 2.05) is 6.92 Å². The van der Waals surface area contributed by atoms with Gasteiger partial charge in [0.15, 0.2) is 0 Å². The molecule has 1 heterocycles. The Hall–Kier alpha value is -1.06. The molecule has 0 saturated heterocycles. The summed E-state index contributed by atoms with van der Waals surface area (Å²) in [6.45, 7) is 1.84. The Morgan fingerprint density at radius 2 is 1.88 bits per heavy atom. The molecule has 0 aromatic carbocycles. The maximum atomic E-state index is 13.0. The van der Waals surface area contributed by atoms with Gasteiger partial charge in [-0.25, -0.2) is 4.98 Å². The van der Waals surface area contributed by atoms with E-state index in [1.54, 1.807) is 0 Å². The molecule has 1 nitrogen and oxygen atoms in total. The third kappa shape index (κ3) is 1.74. The molecule has 2 aliphatic rings. The van der Waals surface area contributed by atoms with Crippen molar-refractivity contribution < 1.29 is 13.2 Å². The van der Waals surface area contributed by atoms with Crippen LogP contribution in [0.4, 0.5) is 13.2 Å². The van der Waals surface area contributed by atoms with Crippen LogP contribution < -0.4 is 0 Å². The number of hydrogen-bond donors (Lipinski definition) is 0. The van der Waals surface area contributed by atoms with E-state index in [-0.39, 0.29) is 5.92 Å². The molecular weight excluding hydrogens is 227 g/mol. The molecule has 0 amide bonds. The molecule has 0 radical (unpaired) electrons. The first-order chi connectivity index (χ1) is 7.98. The quantitative estimate of drug-likeness (QED) is 0.729. The van der Waals surface area contributed by atoms with Gasteiger partial charge in [-0.2, -0.15) is 13.2 Å². The summed E-state index contributed by atoms with van der Waals surface area (Å²) in [5.74, 6) is 0.102. The van der Waals surface area contributed by atoms with Gasteiger partial charge in [0.25, 0.3) is 0 Å². The lowest BCUT2D eigenvalue weighted by molar-refractivity contribution is -0.142. The topological polar surface area (TPSA) is 12.9 Å². The Bertz CT molecular complexity index is 473. The summed E-state index contributed by atoms with van der Waals surface area (Å²) in [5, 5.41) is 0. The van der Waals surface area contributed by atoms with E-state index >= 15 is 0 Å². The smallest absolute Gasteiger partial charge is 0.248 e. The molecule has 2 aliphatic carbocycles. The van der Waals surface area contributed by atoms with Crippen LogP contribution in [0.25, 0.3) is 0 Å². The molecule has 0 aliphatic heterocycles. The van der Waals surface area contributed by atoms with Crippen molar-refractivity contribution in [2.24, 2.45) is 0 Å². The summed E-state index contributed by atoms with van der Waals surface area (Å²) in [6, 6.07) is 0. The number of aromatic nitrogens is 1. The third-order valence-corrected chi connectivity index (χ3v) is 3.80. The highest BCUT2D eigenvalue weighted by atomic mass is 19.4. The third-order valence-electron chi connectivity index (χ3n) is 3.80. The van der Waals surface area contributed by atoms with Crippen LogP contribution in [0.2, 0.25) is 0 Å². The zero-order valence-corrected chi connectivity index (χ0v) is 9.69. The predicted molar refractivity (Wildman–Crippen MR) is 58.0 cm³/mol. The van der Waals surface area contributed by atoms with Gasteiger partial charge in [-0.15, -0.1) is 0 Å². The Morgan fingerprint density at radius 1 is 1.18 bits per heavy atom. The van der Waals surface area contributed by atoms with Gasteiger partial charge in [-0.05, 0) is 61.6 Å². The number of alkyl halides is 3. The van der Waals surface area contributed by atoms with Gasteiger partial charge < -0.3 is 0 Å². The van der Waals surface area contributed by atoms with Gasteiger partial charge in [-0.3, -0.25) is 0 Å². The molecule has 1 saturated carbocycles. The number of aryl methyl sites for hydroxylation is 1. The van der Waals surface area contributed by atoms with E-state index < -0.39 is 11.9 Å². The fourth-order valence-corrected chi connectivity index (χ4v) is 2.88. The van der Waals surface area contributed by atoms with Gasteiger partial charge in [0.1, 0.15) is 5.69 Å². The largest absolute Gasteiger partial charge is 0.433 e. The summed E-state index contributed by atoms with van der Waals surface area (Å²) < 4.78 is 39.1. The highest BCUT2D eigenvalue weighted by Crippen LogP contribution is 2.48. The fourth-order valence-electron chi connectivity index (χ4n) is 2.88. The number of rotatable bonds is 1. The van der Waals surface area contributed by atoms with Crippen molar-refractivity contribution in [1.29, 1.82) is 0 Å². The van der Waals surface area contributed by atoms with Crippen LogP contribution in [0.1, 0.15) is 53.3 Å². The average molecular weight is 241 g/mol. The molecule has 0 bridgehead atoms. The molecule has 3 rings (SSSR count). The highest BCUT2D eigenvalue weighted by Gasteiger charge is 2.42. The monoisotopic (exact) mass is 241 g/mol. The molecule has 92 valence electrons. The molecule has 1 fully saturated rings. The second-order valence-electron chi connectivity index (χ2n) is 5.05. The lowest BCUT2D eigenvalue weighted by Gasteiger charge is -2.17. The summed E-state index contributed by atoms with van der Waals surface area (Å²) >= 11 is 0. The lowest BCUT2D eigenvalue weighted by atomic mass is 9.96. The molecule has 0 atom stereocenters. The maximum Gasteiger partial charge on any atom is 0.433 e. The lowest BCUT2D eigenvalue weighted by Crippen LogP contribution is -2.15. The van der Waals surface area contributed by atoms with Gasteiger partial charge in [0.05, 0.1) is 0 Å². The van der Waals surface area contributed by atoms with Crippen LogP contribution in [0.5, 0.6) is 0 Å². The fraction of sp³-hybridized carbons (Fsp3) is 0.615. The number of pyridine rings is 1. The van der Waals surface area contributed by atoms with Crippen molar-refractivity contribution >= 4 is 0 Å². The zero-order chi connectivity index (χ0) is 12.2. The van der Waals surface area contributed by atoms with Crippen LogP contribution in [-0.2, 0) is 19.0 Å². The van der Waals surface area contributed by atoms with Crippen molar-refractivity contribution in [1.82, 2.24) is 4.98 Å². The molecular formula is C13H14F3N. The molecule has 0 unspecified atom stereocenters. The van der Waals surface area contributed by atoms with Crippen LogP contribution in [-0.4, -0.2) is 4.98 Å². The number of nitrogens with zero attached hydrogens (tertiary/aromatic N) is 1. The maximum absolute atomic E-state index is 13.0. The van der Waals surface area contributed by atoms with E-state index in [2.05, 4.69) is 4.98 Å². The minimum absolute atomic E-state index is 0.102. The number of hydrogen-bond acceptors (Lipinski definition) is 1. The Balaban J connectivity index is 2.23. The normalized spacial score (nSPS) is 19.5. The first kappa shape index (κ1) is 11.1. The van der Waals surface area contributed by atoms with Gasteiger partial charge >= 0.3 is 6.18 Å².